The van der Waals surface area contributed by atoms with Gasteiger partial charge in [0, 0.05) is 4.90 Å². The minimum atomic E-state index is -0.662. The highest BCUT2D eigenvalue weighted by Crippen LogP contribution is 2.22. The number of benzene rings is 1. The quantitative estimate of drug-likeness (QED) is 0.626. The molecule has 1 unspecified atom stereocenters. The van der Waals surface area contributed by atoms with Crippen LogP contribution in [-0.4, -0.2) is 11.3 Å². The maximum atomic E-state index is 8.80. The molecule has 1 aromatic carbocycles. The number of aryl methyl sites for hydroxylation is 2. The van der Waals surface area contributed by atoms with Crippen molar-refractivity contribution in [2.45, 2.75) is 50.5 Å². The van der Waals surface area contributed by atoms with E-state index in [2.05, 4.69) is 38.1 Å². The van der Waals surface area contributed by atoms with Crippen molar-refractivity contribution in [2.24, 2.45) is 5.73 Å². The van der Waals surface area contributed by atoms with Crippen molar-refractivity contribution in [1.29, 1.82) is 5.26 Å². The average Bonchev–Trinajstić information content (AvgIpc) is 2.33. The zero-order valence-corrected chi connectivity index (χ0v) is 12.3. The van der Waals surface area contributed by atoms with E-state index < -0.39 is 5.54 Å². The molecule has 0 spiro atoms. The summed E-state index contributed by atoms with van der Waals surface area (Å²) in [5.74, 6) is 1.09. The highest BCUT2D eigenvalue weighted by atomic mass is 32.2. The van der Waals surface area contributed by atoms with Gasteiger partial charge in [-0.05, 0) is 69.0 Å². The predicted molar refractivity (Wildman–Crippen MR) is 78.7 cm³/mol. The first kappa shape index (κ1) is 15.1. The molecule has 0 fully saturated rings. The second-order valence-corrected chi connectivity index (χ2v) is 6.25. The van der Waals surface area contributed by atoms with Crippen molar-refractivity contribution < 1.29 is 0 Å². The lowest BCUT2D eigenvalue weighted by atomic mass is 9.99. The summed E-state index contributed by atoms with van der Waals surface area (Å²) in [5.41, 5.74) is 7.80. The van der Waals surface area contributed by atoms with E-state index in [1.54, 1.807) is 6.92 Å². The number of nitriles is 1. The van der Waals surface area contributed by atoms with Crippen LogP contribution in [0, 0.1) is 25.2 Å². The molecule has 0 aliphatic carbocycles. The largest absolute Gasteiger partial charge is 0.314 e. The van der Waals surface area contributed by atoms with Crippen LogP contribution in [0.15, 0.2) is 23.1 Å². The van der Waals surface area contributed by atoms with E-state index in [0.717, 1.165) is 25.0 Å². The molecule has 2 nitrogen and oxygen atoms in total. The molecule has 0 aliphatic rings. The van der Waals surface area contributed by atoms with E-state index in [4.69, 9.17) is 11.0 Å². The number of thioether (sulfide) groups is 1. The van der Waals surface area contributed by atoms with Crippen molar-refractivity contribution in [2.75, 3.05) is 5.75 Å². The summed E-state index contributed by atoms with van der Waals surface area (Å²) in [6.07, 6.45) is 2.89. The molecular weight excluding hydrogens is 240 g/mol. The molecular formula is C15H22N2S. The van der Waals surface area contributed by atoms with Crippen molar-refractivity contribution in [1.82, 2.24) is 0 Å². The molecule has 0 bridgehead atoms. The molecule has 0 aromatic heterocycles. The fourth-order valence-electron chi connectivity index (χ4n) is 1.64. The molecule has 3 heteroatoms. The van der Waals surface area contributed by atoms with Gasteiger partial charge in [-0.25, -0.2) is 0 Å². The van der Waals surface area contributed by atoms with E-state index in [1.807, 2.05) is 11.8 Å². The number of nitrogens with zero attached hydrogens (tertiary/aromatic N) is 1. The Morgan fingerprint density at radius 2 is 2.00 bits per heavy atom. The third-order valence-electron chi connectivity index (χ3n) is 3.09. The average molecular weight is 262 g/mol. The highest BCUT2D eigenvalue weighted by molar-refractivity contribution is 7.99. The standard InChI is InChI=1S/C15H22N2S/c1-12-6-7-14(10-13(12)2)18-9-5-4-8-15(3,17)11-16/h6-7,10H,4-5,8-9,17H2,1-3H3. The van der Waals surface area contributed by atoms with Gasteiger partial charge in [-0.2, -0.15) is 5.26 Å². The van der Waals surface area contributed by atoms with Gasteiger partial charge in [0.25, 0.3) is 0 Å². The molecule has 0 saturated heterocycles. The maximum absolute atomic E-state index is 8.80. The summed E-state index contributed by atoms with van der Waals surface area (Å²) < 4.78 is 0. The lowest BCUT2D eigenvalue weighted by molar-refractivity contribution is 0.519. The van der Waals surface area contributed by atoms with E-state index >= 15 is 0 Å². The fraction of sp³-hybridized carbons (Fsp3) is 0.533. The second kappa shape index (κ2) is 6.82. The van der Waals surface area contributed by atoms with Crippen LogP contribution in [-0.2, 0) is 0 Å². The number of hydrogen-bond acceptors (Lipinski definition) is 3. The smallest absolute Gasteiger partial charge is 0.101 e. The minimum Gasteiger partial charge on any atom is -0.314 e. The number of nitrogens with two attached hydrogens (primary N) is 1. The summed E-state index contributed by atoms with van der Waals surface area (Å²) in [4.78, 5) is 1.33. The molecule has 1 aromatic rings. The van der Waals surface area contributed by atoms with Crippen molar-refractivity contribution >= 4 is 11.8 Å². The molecule has 1 atom stereocenters. The van der Waals surface area contributed by atoms with E-state index in [1.165, 1.54) is 16.0 Å². The Morgan fingerprint density at radius 1 is 1.28 bits per heavy atom. The Bertz CT molecular complexity index is 433. The molecule has 0 amide bonds. The zero-order valence-electron chi connectivity index (χ0n) is 11.5. The highest BCUT2D eigenvalue weighted by Gasteiger charge is 2.15. The summed E-state index contributed by atoms with van der Waals surface area (Å²) >= 11 is 1.88. The first-order valence-electron chi connectivity index (χ1n) is 6.35. The lowest BCUT2D eigenvalue weighted by Gasteiger charge is -2.14. The Labute approximate surface area is 115 Å². The van der Waals surface area contributed by atoms with Gasteiger partial charge in [0.1, 0.15) is 5.54 Å². The van der Waals surface area contributed by atoms with Gasteiger partial charge in [-0.1, -0.05) is 6.07 Å². The van der Waals surface area contributed by atoms with Crippen LogP contribution in [0.3, 0.4) is 0 Å². The van der Waals surface area contributed by atoms with Crippen molar-refractivity contribution in [3.05, 3.63) is 29.3 Å². The van der Waals surface area contributed by atoms with Crippen LogP contribution >= 0.6 is 11.8 Å². The number of unbranched alkanes of at least 4 members (excludes halogenated alkanes) is 1. The zero-order chi connectivity index (χ0) is 13.6. The van der Waals surface area contributed by atoms with Gasteiger partial charge < -0.3 is 5.73 Å². The molecule has 98 valence electrons. The lowest BCUT2D eigenvalue weighted by Crippen LogP contribution is -2.33. The summed E-state index contributed by atoms with van der Waals surface area (Å²) in [5, 5.41) is 8.80. The van der Waals surface area contributed by atoms with Crippen LogP contribution in [0.2, 0.25) is 0 Å². The first-order chi connectivity index (χ1) is 8.44. The van der Waals surface area contributed by atoms with Crippen molar-refractivity contribution in [3.8, 4) is 6.07 Å². The monoisotopic (exact) mass is 262 g/mol. The maximum Gasteiger partial charge on any atom is 0.101 e. The van der Waals surface area contributed by atoms with Gasteiger partial charge >= 0.3 is 0 Å². The molecule has 2 N–H and O–H groups in total. The minimum absolute atomic E-state index is 0.662. The summed E-state index contributed by atoms with van der Waals surface area (Å²) in [7, 11) is 0. The molecule has 0 heterocycles. The van der Waals surface area contributed by atoms with Gasteiger partial charge in [0.2, 0.25) is 0 Å². The van der Waals surface area contributed by atoms with Crippen LogP contribution in [0.1, 0.15) is 37.3 Å². The third-order valence-corrected chi connectivity index (χ3v) is 4.17. The predicted octanol–water partition coefficient (Wildman–Crippen LogP) is 3.81. The van der Waals surface area contributed by atoms with Gasteiger partial charge in [0.05, 0.1) is 6.07 Å². The third kappa shape index (κ3) is 5.12. The molecule has 1 rings (SSSR count). The molecule has 18 heavy (non-hydrogen) atoms. The fourth-order valence-corrected chi connectivity index (χ4v) is 2.65. The summed E-state index contributed by atoms with van der Waals surface area (Å²) in [6, 6.07) is 8.72. The summed E-state index contributed by atoms with van der Waals surface area (Å²) in [6.45, 7) is 6.07. The number of hydrogen-bond donors (Lipinski definition) is 1. The number of rotatable bonds is 6. The second-order valence-electron chi connectivity index (χ2n) is 5.08. The van der Waals surface area contributed by atoms with E-state index in [-0.39, 0.29) is 0 Å². The molecule has 0 saturated carbocycles. The topological polar surface area (TPSA) is 49.8 Å². The van der Waals surface area contributed by atoms with E-state index in [0.29, 0.717) is 0 Å². The molecule has 0 radical (unpaired) electrons. The van der Waals surface area contributed by atoms with Gasteiger partial charge in [0.15, 0.2) is 0 Å². The van der Waals surface area contributed by atoms with Gasteiger partial charge in [-0.15, -0.1) is 11.8 Å². The van der Waals surface area contributed by atoms with Crippen LogP contribution in [0.25, 0.3) is 0 Å². The van der Waals surface area contributed by atoms with Crippen molar-refractivity contribution in [3.63, 3.8) is 0 Å². The van der Waals surface area contributed by atoms with Gasteiger partial charge in [-0.3, -0.25) is 0 Å². The SMILES string of the molecule is Cc1ccc(SCCCCC(C)(N)C#N)cc1C. The Balaban J connectivity index is 2.26. The first-order valence-corrected chi connectivity index (χ1v) is 7.33. The van der Waals surface area contributed by atoms with Crippen LogP contribution in [0.5, 0.6) is 0 Å². The Kier molecular flexibility index (Phi) is 5.71. The van der Waals surface area contributed by atoms with Crippen LogP contribution in [0.4, 0.5) is 0 Å². The van der Waals surface area contributed by atoms with E-state index in [9.17, 15) is 0 Å². The van der Waals surface area contributed by atoms with Crippen LogP contribution < -0.4 is 5.73 Å². The Morgan fingerprint density at radius 3 is 2.61 bits per heavy atom. The molecule has 0 aliphatic heterocycles. The Hall–Kier alpha value is -0.980. The normalized spacial score (nSPS) is 13.9.